The van der Waals surface area contributed by atoms with Gasteiger partial charge in [-0.1, -0.05) is 44.2 Å². The molecule has 0 spiro atoms. The molecule has 2 fully saturated rings. The normalized spacial score (nSPS) is 26.3. The number of hydrogen-bond donors (Lipinski definition) is 0. The van der Waals surface area contributed by atoms with Crippen LogP contribution in [0, 0.1) is 11.3 Å². The second-order valence-corrected chi connectivity index (χ2v) is 7.61. The van der Waals surface area contributed by atoms with Gasteiger partial charge < -0.3 is 0 Å². The van der Waals surface area contributed by atoms with Gasteiger partial charge in [0.2, 0.25) is 11.8 Å². The van der Waals surface area contributed by atoms with Crippen molar-refractivity contribution in [1.82, 2.24) is 9.80 Å². The number of carbonyl (C=O) groups excluding carboxylic acids is 2. The molecule has 2 aliphatic rings. The molecule has 2 saturated heterocycles. The van der Waals surface area contributed by atoms with Crippen molar-refractivity contribution in [3.63, 3.8) is 0 Å². The summed E-state index contributed by atoms with van der Waals surface area (Å²) in [6.07, 6.45) is 4.50. The highest BCUT2D eigenvalue weighted by Gasteiger charge is 2.47. The number of rotatable bonds is 5. The molecule has 0 bridgehead atoms. The van der Waals surface area contributed by atoms with Gasteiger partial charge >= 0.3 is 0 Å². The minimum absolute atomic E-state index is 0.00393. The van der Waals surface area contributed by atoms with Gasteiger partial charge in [0, 0.05) is 19.5 Å². The first-order valence-corrected chi connectivity index (χ1v) is 9.13. The van der Waals surface area contributed by atoms with Crippen molar-refractivity contribution in [2.45, 2.75) is 46.0 Å². The van der Waals surface area contributed by atoms with Gasteiger partial charge in [-0.2, -0.15) is 0 Å². The van der Waals surface area contributed by atoms with E-state index < -0.39 is 5.41 Å². The molecule has 0 aliphatic carbocycles. The topological polar surface area (TPSA) is 40.6 Å². The molecule has 1 atom stereocenters. The number of likely N-dealkylation sites (tertiary alicyclic amines) is 2. The largest absolute Gasteiger partial charge is 0.286 e. The molecule has 2 heterocycles. The van der Waals surface area contributed by atoms with Crippen LogP contribution in [0.1, 0.15) is 45.1 Å². The minimum Gasteiger partial charge on any atom is -0.286 e. The highest BCUT2D eigenvalue weighted by molar-refractivity contribution is 6.05. The zero-order valence-electron chi connectivity index (χ0n) is 14.8. The van der Waals surface area contributed by atoms with E-state index in [0.29, 0.717) is 19.0 Å². The number of nitrogens with zero attached hydrogens (tertiary/aromatic N) is 2. The molecule has 1 aromatic carbocycles. The van der Waals surface area contributed by atoms with E-state index in [1.54, 1.807) is 0 Å². The maximum Gasteiger partial charge on any atom is 0.236 e. The molecule has 2 amide bonds. The Morgan fingerprint density at radius 1 is 1.12 bits per heavy atom. The third-order valence-corrected chi connectivity index (χ3v) is 5.80. The molecule has 0 N–H and O–H groups in total. The van der Waals surface area contributed by atoms with E-state index in [1.165, 1.54) is 10.5 Å². The number of hydrogen-bond acceptors (Lipinski definition) is 3. The van der Waals surface area contributed by atoms with Crippen molar-refractivity contribution in [1.29, 1.82) is 0 Å². The Kier molecular flexibility index (Phi) is 5.04. The summed E-state index contributed by atoms with van der Waals surface area (Å²) in [6.45, 7) is 6.32. The Hall–Kier alpha value is -1.68. The van der Waals surface area contributed by atoms with Gasteiger partial charge in [-0.15, -0.1) is 0 Å². The van der Waals surface area contributed by atoms with Crippen molar-refractivity contribution in [3.05, 3.63) is 35.9 Å². The third-order valence-electron chi connectivity index (χ3n) is 5.80. The molecule has 4 nitrogen and oxygen atoms in total. The summed E-state index contributed by atoms with van der Waals surface area (Å²) in [5, 5.41) is 0. The molecule has 1 aromatic rings. The van der Waals surface area contributed by atoms with Gasteiger partial charge in [-0.25, -0.2) is 0 Å². The van der Waals surface area contributed by atoms with Crippen molar-refractivity contribution in [2.24, 2.45) is 11.3 Å². The van der Waals surface area contributed by atoms with Crippen molar-refractivity contribution in [2.75, 3.05) is 19.8 Å². The molecular weight excluding hydrogens is 300 g/mol. The molecule has 0 aromatic heterocycles. The molecule has 4 heteroatoms. The molecule has 3 rings (SSSR count). The standard InChI is InChI=1S/C20H28N2O2/c1-3-20(2)14-18(23)22(19(20)24)15-21-11-9-17(10-12-21)13-16-7-5-4-6-8-16/h4-8,17H,3,9-15H2,1-2H3. The monoisotopic (exact) mass is 328 g/mol. The molecule has 2 aliphatic heterocycles. The summed E-state index contributed by atoms with van der Waals surface area (Å²) in [6, 6.07) is 10.6. The molecule has 1 unspecified atom stereocenters. The first-order chi connectivity index (χ1) is 11.5. The van der Waals surface area contributed by atoms with Gasteiger partial charge in [0.05, 0.1) is 12.1 Å². The lowest BCUT2D eigenvalue weighted by molar-refractivity contribution is -0.144. The van der Waals surface area contributed by atoms with Crippen molar-refractivity contribution >= 4 is 11.8 Å². The van der Waals surface area contributed by atoms with Gasteiger partial charge in [-0.3, -0.25) is 19.4 Å². The number of benzene rings is 1. The third kappa shape index (κ3) is 3.54. The van der Waals surface area contributed by atoms with E-state index in [0.717, 1.165) is 38.8 Å². The average Bonchev–Trinajstić information content (AvgIpc) is 2.81. The first kappa shape index (κ1) is 17.2. The van der Waals surface area contributed by atoms with Crippen LogP contribution in [0.4, 0.5) is 0 Å². The SMILES string of the molecule is CCC1(C)CC(=O)N(CN2CCC(Cc3ccccc3)CC2)C1=O. The van der Waals surface area contributed by atoms with Crippen LogP contribution in [0.5, 0.6) is 0 Å². The lowest BCUT2D eigenvalue weighted by Crippen LogP contribution is -2.45. The lowest BCUT2D eigenvalue weighted by Gasteiger charge is -2.34. The van der Waals surface area contributed by atoms with Crippen LogP contribution in [0.2, 0.25) is 0 Å². The van der Waals surface area contributed by atoms with Crippen LogP contribution in [0.25, 0.3) is 0 Å². The Bertz CT molecular complexity index is 593. The second-order valence-electron chi connectivity index (χ2n) is 7.61. The summed E-state index contributed by atoms with van der Waals surface area (Å²) in [5.74, 6) is 0.715. The Balaban J connectivity index is 1.51. The molecule has 0 saturated carbocycles. The van der Waals surface area contributed by atoms with E-state index >= 15 is 0 Å². The minimum atomic E-state index is -0.483. The number of carbonyl (C=O) groups is 2. The summed E-state index contributed by atoms with van der Waals surface area (Å²) in [4.78, 5) is 28.5. The summed E-state index contributed by atoms with van der Waals surface area (Å²) in [5.41, 5.74) is 0.919. The van der Waals surface area contributed by atoms with Crippen LogP contribution in [0.3, 0.4) is 0 Å². The lowest BCUT2D eigenvalue weighted by atomic mass is 9.86. The maximum absolute atomic E-state index is 12.5. The fraction of sp³-hybridized carbons (Fsp3) is 0.600. The predicted molar refractivity (Wildman–Crippen MR) is 94.2 cm³/mol. The first-order valence-electron chi connectivity index (χ1n) is 9.13. The fourth-order valence-corrected chi connectivity index (χ4v) is 3.84. The van der Waals surface area contributed by atoms with Gasteiger partial charge in [-0.05, 0) is 37.2 Å². The zero-order chi connectivity index (χ0) is 17.2. The highest BCUT2D eigenvalue weighted by atomic mass is 16.2. The molecule has 24 heavy (non-hydrogen) atoms. The van der Waals surface area contributed by atoms with Crippen LogP contribution in [-0.4, -0.2) is 41.4 Å². The highest BCUT2D eigenvalue weighted by Crippen LogP contribution is 2.35. The second kappa shape index (κ2) is 7.06. The number of amides is 2. The van der Waals surface area contributed by atoms with E-state index in [4.69, 9.17) is 0 Å². The molecule has 0 radical (unpaired) electrons. The maximum atomic E-state index is 12.5. The Morgan fingerprint density at radius 3 is 2.38 bits per heavy atom. The average molecular weight is 328 g/mol. The smallest absolute Gasteiger partial charge is 0.236 e. The van der Waals surface area contributed by atoms with Gasteiger partial charge in [0.1, 0.15) is 0 Å². The Morgan fingerprint density at radius 2 is 1.79 bits per heavy atom. The van der Waals surface area contributed by atoms with E-state index in [9.17, 15) is 9.59 Å². The number of imide groups is 1. The van der Waals surface area contributed by atoms with Crippen LogP contribution < -0.4 is 0 Å². The predicted octanol–water partition coefficient (Wildman–Crippen LogP) is 3.07. The fourth-order valence-electron chi connectivity index (χ4n) is 3.84. The summed E-state index contributed by atoms with van der Waals surface area (Å²) >= 11 is 0. The van der Waals surface area contributed by atoms with Gasteiger partial charge in [0.15, 0.2) is 0 Å². The zero-order valence-corrected chi connectivity index (χ0v) is 14.8. The van der Waals surface area contributed by atoms with Crippen LogP contribution in [0.15, 0.2) is 30.3 Å². The van der Waals surface area contributed by atoms with Crippen molar-refractivity contribution < 1.29 is 9.59 Å². The van der Waals surface area contributed by atoms with Crippen LogP contribution >= 0.6 is 0 Å². The quantitative estimate of drug-likeness (QED) is 0.780. The van der Waals surface area contributed by atoms with E-state index in [1.807, 2.05) is 13.8 Å². The van der Waals surface area contributed by atoms with Gasteiger partial charge in [0.25, 0.3) is 0 Å². The number of piperidine rings is 1. The van der Waals surface area contributed by atoms with E-state index in [-0.39, 0.29) is 11.8 Å². The summed E-state index contributed by atoms with van der Waals surface area (Å²) in [7, 11) is 0. The van der Waals surface area contributed by atoms with E-state index in [2.05, 4.69) is 35.2 Å². The Labute approximate surface area is 144 Å². The summed E-state index contributed by atoms with van der Waals surface area (Å²) < 4.78 is 0. The molecule has 130 valence electrons. The molecular formula is C20H28N2O2. The van der Waals surface area contributed by atoms with Crippen molar-refractivity contribution in [3.8, 4) is 0 Å². The van der Waals surface area contributed by atoms with Crippen LogP contribution in [-0.2, 0) is 16.0 Å².